The third-order valence-corrected chi connectivity index (χ3v) is 5.98. The number of aromatic nitrogens is 1. The number of rotatable bonds is 4. The quantitative estimate of drug-likeness (QED) is 0.830. The molecule has 1 N–H and O–H groups in total. The van der Waals surface area contributed by atoms with Crippen molar-refractivity contribution in [3.8, 4) is 6.07 Å². The predicted molar refractivity (Wildman–Crippen MR) is 110 cm³/mol. The lowest BCUT2D eigenvalue weighted by molar-refractivity contribution is -0.132. The maximum absolute atomic E-state index is 13.6. The van der Waals surface area contributed by atoms with Gasteiger partial charge in [-0.25, -0.2) is 4.39 Å². The first-order valence-electron chi connectivity index (χ1n) is 9.90. The fourth-order valence-electron chi connectivity index (χ4n) is 4.17. The zero-order chi connectivity index (χ0) is 20.4. The number of carbonyl (C=O) groups is 1. The standard InChI is InChI=1S/C21H23ClFN5O/c22-19-10-17(8-14-2-1-5-25-21(14)19)26-16-3-6-27(7-4-16)13-20(29)28-12-15(23)9-18(28)11-24/h1-2,5,8,10,15-16,18,26H,3-4,6-7,9,12-13H2/t15-,18-/m0/s1. The molecule has 2 aromatic rings. The molecule has 4 rings (SSSR count). The lowest BCUT2D eigenvalue weighted by Crippen LogP contribution is -2.46. The van der Waals surface area contributed by atoms with Crippen LogP contribution in [0.3, 0.4) is 0 Å². The summed E-state index contributed by atoms with van der Waals surface area (Å²) in [5.41, 5.74) is 1.76. The van der Waals surface area contributed by atoms with E-state index in [1.165, 1.54) is 4.90 Å². The summed E-state index contributed by atoms with van der Waals surface area (Å²) in [5, 5.41) is 14.3. The minimum Gasteiger partial charge on any atom is -0.382 e. The second-order valence-electron chi connectivity index (χ2n) is 7.75. The molecule has 1 aromatic heterocycles. The van der Waals surface area contributed by atoms with Crippen LogP contribution in [-0.4, -0.2) is 65.1 Å². The molecule has 0 aliphatic carbocycles. The smallest absolute Gasteiger partial charge is 0.237 e. The number of fused-ring (bicyclic) bond motifs is 1. The van der Waals surface area contributed by atoms with Gasteiger partial charge in [0.15, 0.2) is 0 Å². The van der Waals surface area contributed by atoms with Gasteiger partial charge in [0.05, 0.1) is 29.7 Å². The van der Waals surface area contributed by atoms with Gasteiger partial charge >= 0.3 is 0 Å². The molecule has 3 heterocycles. The molecule has 0 unspecified atom stereocenters. The Labute approximate surface area is 174 Å². The van der Waals surface area contributed by atoms with Crippen LogP contribution in [0.1, 0.15) is 19.3 Å². The molecule has 0 spiro atoms. The zero-order valence-corrected chi connectivity index (χ0v) is 16.8. The second kappa shape index (κ2) is 8.52. The van der Waals surface area contributed by atoms with Gasteiger partial charge in [0.25, 0.3) is 0 Å². The molecule has 2 aliphatic rings. The molecule has 1 aromatic carbocycles. The number of halogens is 2. The number of pyridine rings is 1. The first-order chi connectivity index (χ1) is 14.0. The van der Waals surface area contributed by atoms with E-state index in [-0.39, 0.29) is 25.4 Å². The van der Waals surface area contributed by atoms with Crippen LogP contribution in [0.25, 0.3) is 10.9 Å². The molecule has 6 nitrogen and oxygen atoms in total. The summed E-state index contributed by atoms with van der Waals surface area (Å²) in [4.78, 5) is 20.3. The van der Waals surface area contributed by atoms with Crippen LogP contribution in [0.2, 0.25) is 5.02 Å². The molecule has 0 bridgehead atoms. The highest BCUT2D eigenvalue weighted by atomic mass is 35.5. The molecule has 152 valence electrons. The number of nitriles is 1. The van der Waals surface area contributed by atoms with E-state index in [9.17, 15) is 9.18 Å². The van der Waals surface area contributed by atoms with E-state index in [0.717, 1.165) is 42.5 Å². The van der Waals surface area contributed by atoms with Crippen molar-refractivity contribution in [2.45, 2.75) is 37.5 Å². The normalized spacial score (nSPS) is 23.3. The maximum Gasteiger partial charge on any atom is 0.237 e. The summed E-state index contributed by atoms with van der Waals surface area (Å²) < 4.78 is 13.6. The van der Waals surface area contributed by atoms with Crippen molar-refractivity contribution in [3.05, 3.63) is 35.5 Å². The Morgan fingerprint density at radius 1 is 1.38 bits per heavy atom. The Bertz CT molecular complexity index is 940. The first kappa shape index (κ1) is 19.9. The molecule has 0 saturated carbocycles. The van der Waals surface area contributed by atoms with Gasteiger partial charge in [-0.1, -0.05) is 17.7 Å². The highest BCUT2D eigenvalue weighted by molar-refractivity contribution is 6.35. The van der Waals surface area contributed by atoms with Crippen LogP contribution in [0.4, 0.5) is 10.1 Å². The number of piperidine rings is 1. The van der Waals surface area contributed by atoms with E-state index in [2.05, 4.69) is 15.2 Å². The molecule has 2 atom stereocenters. The number of alkyl halides is 1. The van der Waals surface area contributed by atoms with Gasteiger partial charge in [0.2, 0.25) is 5.91 Å². The molecular weight excluding hydrogens is 393 g/mol. The number of hydrogen-bond donors (Lipinski definition) is 1. The number of nitrogens with zero attached hydrogens (tertiary/aromatic N) is 4. The van der Waals surface area contributed by atoms with Gasteiger partial charge in [0.1, 0.15) is 12.2 Å². The largest absolute Gasteiger partial charge is 0.382 e. The monoisotopic (exact) mass is 415 g/mol. The minimum atomic E-state index is -1.09. The van der Waals surface area contributed by atoms with Crippen molar-refractivity contribution >= 4 is 34.1 Å². The molecule has 29 heavy (non-hydrogen) atoms. The summed E-state index contributed by atoms with van der Waals surface area (Å²) in [5.74, 6) is -0.156. The van der Waals surface area contributed by atoms with E-state index in [1.807, 2.05) is 30.3 Å². The summed E-state index contributed by atoms with van der Waals surface area (Å²) in [7, 11) is 0. The summed E-state index contributed by atoms with van der Waals surface area (Å²) in [6.45, 7) is 1.82. The van der Waals surface area contributed by atoms with Gasteiger partial charge in [-0.3, -0.25) is 14.7 Å². The van der Waals surface area contributed by atoms with Crippen molar-refractivity contribution < 1.29 is 9.18 Å². The Kier molecular flexibility index (Phi) is 5.84. The second-order valence-corrected chi connectivity index (χ2v) is 8.16. The molecule has 2 saturated heterocycles. The number of amides is 1. The molecule has 2 aliphatic heterocycles. The number of carbonyl (C=O) groups excluding carboxylic acids is 1. The highest BCUT2D eigenvalue weighted by Gasteiger charge is 2.36. The Balaban J connectivity index is 1.31. The van der Waals surface area contributed by atoms with E-state index >= 15 is 0 Å². The number of hydrogen-bond acceptors (Lipinski definition) is 5. The predicted octanol–water partition coefficient (Wildman–Crippen LogP) is 3.23. The Morgan fingerprint density at radius 2 is 2.17 bits per heavy atom. The fraction of sp³-hybridized carbons (Fsp3) is 0.476. The summed E-state index contributed by atoms with van der Waals surface area (Å²) in [6, 6.07) is 9.52. The van der Waals surface area contributed by atoms with Crippen molar-refractivity contribution in [3.63, 3.8) is 0 Å². The van der Waals surface area contributed by atoms with Crippen molar-refractivity contribution in [2.75, 3.05) is 31.5 Å². The van der Waals surface area contributed by atoms with Crippen molar-refractivity contribution in [1.29, 1.82) is 5.26 Å². The van der Waals surface area contributed by atoms with Gasteiger partial charge in [-0.2, -0.15) is 5.26 Å². The van der Waals surface area contributed by atoms with E-state index in [4.69, 9.17) is 16.9 Å². The SMILES string of the molecule is N#C[C@@H]1C[C@H](F)CN1C(=O)CN1CCC(Nc2cc(Cl)c3ncccc3c2)CC1. The van der Waals surface area contributed by atoms with Crippen LogP contribution in [0, 0.1) is 11.3 Å². The average molecular weight is 416 g/mol. The van der Waals surface area contributed by atoms with Gasteiger partial charge < -0.3 is 10.2 Å². The molecule has 2 fully saturated rings. The van der Waals surface area contributed by atoms with E-state index in [0.29, 0.717) is 11.1 Å². The third kappa shape index (κ3) is 4.44. The van der Waals surface area contributed by atoms with Gasteiger partial charge in [-0.05, 0) is 31.0 Å². The Hall–Kier alpha value is -2.43. The summed E-state index contributed by atoms with van der Waals surface area (Å²) in [6.07, 6.45) is 2.54. The van der Waals surface area contributed by atoms with Crippen LogP contribution in [0.5, 0.6) is 0 Å². The Morgan fingerprint density at radius 3 is 2.93 bits per heavy atom. The third-order valence-electron chi connectivity index (χ3n) is 5.70. The number of benzene rings is 1. The fourth-order valence-corrected chi connectivity index (χ4v) is 4.44. The van der Waals surface area contributed by atoms with Crippen LogP contribution < -0.4 is 5.32 Å². The van der Waals surface area contributed by atoms with E-state index < -0.39 is 12.2 Å². The zero-order valence-electron chi connectivity index (χ0n) is 16.0. The van der Waals surface area contributed by atoms with Gasteiger partial charge in [-0.15, -0.1) is 0 Å². The topological polar surface area (TPSA) is 72.3 Å². The maximum atomic E-state index is 13.6. The van der Waals surface area contributed by atoms with Crippen molar-refractivity contribution in [2.24, 2.45) is 0 Å². The molecule has 8 heteroatoms. The first-order valence-corrected chi connectivity index (χ1v) is 10.3. The highest BCUT2D eigenvalue weighted by Crippen LogP contribution is 2.28. The number of nitrogens with one attached hydrogen (secondary N) is 1. The van der Waals surface area contributed by atoms with Crippen molar-refractivity contribution in [1.82, 2.24) is 14.8 Å². The lowest BCUT2D eigenvalue weighted by Gasteiger charge is -2.33. The average Bonchev–Trinajstić information content (AvgIpc) is 3.10. The molecule has 1 amide bonds. The molecule has 0 radical (unpaired) electrons. The van der Waals surface area contributed by atoms with Crippen LogP contribution in [-0.2, 0) is 4.79 Å². The minimum absolute atomic E-state index is 0.0344. The number of anilines is 1. The summed E-state index contributed by atoms with van der Waals surface area (Å²) >= 11 is 6.35. The molecular formula is C21H23ClFN5O. The number of likely N-dealkylation sites (tertiary alicyclic amines) is 2. The van der Waals surface area contributed by atoms with Crippen LogP contribution >= 0.6 is 11.6 Å². The van der Waals surface area contributed by atoms with E-state index in [1.54, 1.807) is 6.20 Å². The van der Waals surface area contributed by atoms with Crippen LogP contribution in [0.15, 0.2) is 30.5 Å². The lowest BCUT2D eigenvalue weighted by atomic mass is 10.0. The van der Waals surface area contributed by atoms with Gasteiger partial charge in [0, 0.05) is 42.8 Å².